The molecular formula is C27H32N2O2. The summed E-state index contributed by atoms with van der Waals surface area (Å²) in [5, 5.41) is 4.41. The molecule has 4 rings (SSSR count). The highest BCUT2D eigenvalue weighted by molar-refractivity contribution is 5.94. The topological polar surface area (TPSA) is 51.2 Å². The summed E-state index contributed by atoms with van der Waals surface area (Å²) in [6.45, 7) is 6.95. The van der Waals surface area contributed by atoms with E-state index in [-0.39, 0.29) is 11.9 Å². The van der Waals surface area contributed by atoms with E-state index in [1.165, 1.54) is 19.3 Å². The van der Waals surface area contributed by atoms with E-state index in [1.54, 1.807) is 0 Å². The van der Waals surface area contributed by atoms with Gasteiger partial charge in [0.2, 0.25) is 0 Å². The van der Waals surface area contributed by atoms with Gasteiger partial charge in [-0.1, -0.05) is 44.9 Å². The van der Waals surface area contributed by atoms with Gasteiger partial charge in [-0.15, -0.1) is 0 Å². The lowest BCUT2D eigenvalue weighted by molar-refractivity contribution is 0.0870. The van der Waals surface area contributed by atoms with Gasteiger partial charge in [0, 0.05) is 28.2 Å². The molecule has 0 spiro atoms. The van der Waals surface area contributed by atoms with Crippen LogP contribution in [-0.2, 0) is 6.61 Å². The quantitative estimate of drug-likeness (QED) is 0.531. The van der Waals surface area contributed by atoms with Crippen molar-refractivity contribution in [3.05, 3.63) is 71.4 Å². The zero-order valence-electron chi connectivity index (χ0n) is 18.7. The van der Waals surface area contributed by atoms with Gasteiger partial charge in [0.05, 0.1) is 5.52 Å². The fourth-order valence-corrected chi connectivity index (χ4v) is 4.86. The molecule has 0 radical (unpaired) electrons. The number of nitrogens with zero attached hydrogens (tertiary/aromatic N) is 1. The van der Waals surface area contributed by atoms with E-state index < -0.39 is 0 Å². The lowest BCUT2D eigenvalue weighted by Crippen LogP contribution is -2.46. The first-order chi connectivity index (χ1) is 15.0. The maximum absolute atomic E-state index is 12.8. The van der Waals surface area contributed by atoms with Crippen LogP contribution >= 0.6 is 0 Å². The molecule has 1 N–H and O–H groups in total. The number of nitrogens with one attached hydrogen (secondary N) is 1. The van der Waals surface area contributed by atoms with Crippen molar-refractivity contribution < 1.29 is 9.53 Å². The Bertz CT molecular complexity index is 1040. The van der Waals surface area contributed by atoms with E-state index in [1.807, 2.05) is 49.4 Å². The van der Waals surface area contributed by atoms with Crippen molar-refractivity contribution >= 4 is 16.8 Å². The van der Waals surface area contributed by atoms with Crippen molar-refractivity contribution in [3.8, 4) is 5.75 Å². The van der Waals surface area contributed by atoms with Gasteiger partial charge >= 0.3 is 0 Å². The number of ether oxygens (including phenoxy) is 1. The van der Waals surface area contributed by atoms with Crippen LogP contribution in [0.3, 0.4) is 0 Å². The minimum atomic E-state index is 0.0134. The molecule has 0 bridgehead atoms. The number of hydrogen-bond donors (Lipinski definition) is 1. The molecule has 1 aliphatic carbocycles. The molecule has 1 aromatic heterocycles. The maximum Gasteiger partial charge on any atom is 0.251 e. The van der Waals surface area contributed by atoms with Crippen molar-refractivity contribution in [3.63, 3.8) is 0 Å². The Hall–Kier alpha value is -2.88. The van der Waals surface area contributed by atoms with E-state index >= 15 is 0 Å². The van der Waals surface area contributed by atoms with Gasteiger partial charge in [-0.05, 0) is 68.0 Å². The lowest BCUT2D eigenvalue weighted by Gasteiger charge is -2.36. The Morgan fingerprint density at radius 2 is 1.90 bits per heavy atom. The highest BCUT2D eigenvalue weighted by Gasteiger charge is 2.30. The van der Waals surface area contributed by atoms with Gasteiger partial charge in [-0.3, -0.25) is 9.78 Å². The molecule has 2 aromatic carbocycles. The summed E-state index contributed by atoms with van der Waals surface area (Å²) in [5.41, 5.74) is 3.76. The van der Waals surface area contributed by atoms with E-state index in [4.69, 9.17) is 4.74 Å². The average Bonchev–Trinajstić information content (AvgIpc) is 2.79. The summed E-state index contributed by atoms with van der Waals surface area (Å²) in [6, 6.07) is 17.9. The van der Waals surface area contributed by atoms with E-state index in [2.05, 4.69) is 36.3 Å². The molecular weight excluding hydrogens is 384 g/mol. The van der Waals surface area contributed by atoms with Gasteiger partial charge in [-0.25, -0.2) is 0 Å². The van der Waals surface area contributed by atoms with E-state index in [9.17, 15) is 4.79 Å². The van der Waals surface area contributed by atoms with Crippen molar-refractivity contribution in [2.45, 2.75) is 59.1 Å². The molecule has 1 aliphatic rings. The number of fused-ring (bicyclic) bond motifs is 1. The van der Waals surface area contributed by atoms with Crippen LogP contribution in [0.1, 0.15) is 61.1 Å². The zero-order valence-corrected chi connectivity index (χ0v) is 18.7. The molecule has 1 saturated carbocycles. The summed E-state index contributed by atoms with van der Waals surface area (Å²) in [5.74, 6) is 1.88. The lowest BCUT2D eigenvalue weighted by atomic mass is 9.76. The summed E-state index contributed by atoms with van der Waals surface area (Å²) >= 11 is 0. The normalized spacial score (nSPS) is 21.1. The van der Waals surface area contributed by atoms with Crippen molar-refractivity contribution in [2.24, 2.45) is 11.8 Å². The molecule has 4 nitrogen and oxygen atoms in total. The van der Waals surface area contributed by atoms with E-state index in [0.29, 0.717) is 24.0 Å². The molecule has 31 heavy (non-hydrogen) atoms. The Labute approximate surface area is 185 Å². The Morgan fingerprint density at radius 1 is 1.13 bits per heavy atom. The predicted octanol–water partition coefficient (Wildman–Crippen LogP) is 6.07. The Morgan fingerprint density at radius 3 is 2.68 bits per heavy atom. The van der Waals surface area contributed by atoms with Gasteiger partial charge < -0.3 is 10.1 Å². The van der Waals surface area contributed by atoms with Crippen LogP contribution < -0.4 is 10.1 Å². The second-order valence-electron chi connectivity index (χ2n) is 8.83. The molecule has 3 atom stereocenters. The van der Waals surface area contributed by atoms with Crippen LogP contribution in [0.5, 0.6) is 5.75 Å². The third-order valence-corrected chi connectivity index (χ3v) is 6.62. The first kappa shape index (κ1) is 21.4. The van der Waals surface area contributed by atoms with Crippen LogP contribution in [0.15, 0.2) is 54.6 Å². The number of aryl methyl sites for hydroxylation is 1. The van der Waals surface area contributed by atoms with Crippen molar-refractivity contribution in [1.29, 1.82) is 0 Å². The highest BCUT2D eigenvalue weighted by Crippen LogP contribution is 2.31. The summed E-state index contributed by atoms with van der Waals surface area (Å²) < 4.78 is 6.03. The predicted molar refractivity (Wildman–Crippen MR) is 125 cm³/mol. The first-order valence-electron chi connectivity index (χ1n) is 11.4. The zero-order chi connectivity index (χ0) is 21.8. The number of pyridine rings is 1. The molecule has 162 valence electrons. The Balaban J connectivity index is 1.41. The summed E-state index contributed by atoms with van der Waals surface area (Å²) in [6.07, 6.45) is 4.79. The number of amides is 1. The SMILES string of the molecule is CCC1CCCC(C)C1NC(=O)c1ccc(OCc2cc(C)nc3ccccc23)cc1. The minimum Gasteiger partial charge on any atom is -0.489 e. The maximum atomic E-state index is 12.8. The first-order valence-corrected chi connectivity index (χ1v) is 11.4. The van der Waals surface area contributed by atoms with Crippen LogP contribution in [-0.4, -0.2) is 16.9 Å². The molecule has 4 heteroatoms. The Kier molecular flexibility index (Phi) is 6.55. The number of hydrogen-bond acceptors (Lipinski definition) is 3. The number of aromatic nitrogens is 1. The van der Waals surface area contributed by atoms with Gasteiger partial charge in [0.25, 0.3) is 5.91 Å². The molecule has 1 heterocycles. The average molecular weight is 417 g/mol. The molecule has 0 aliphatic heterocycles. The summed E-state index contributed by atoms with van der Waals surface area (Å²) in [4.78, 5) is 17.4. The van der Waals surface area contributed by atoms with Crippen LogP contribution in [0.2, 0.25) is 0 Å². The summed E-state index contributed by atoms with van der Waals surface area (Å²) in [7, 11) is 0. The second-order valence-corrected chi connectivity index (χ2v) is 8.83. The second kappa shape index (κ2) is 9.51. The highest BCUT2D eigenvalue weighted by atomic mass is 16.5. The number of benzene rings is 2. The van der Waals surface area contributed by atoms with Gasteiger partial charge in [-0.2, -0.15) is 0 Å². The number of carbonyl (C=O) groups excluding carboxylic acids is 1. The van der Waals surface area contributed by atoms with Gasteiger partial charge in [0.15, 0.2) is 0 Å². The van der Waals surface area contributed by atoms with Crippen molar-refractivity contribution in [2.75, 3.05) is 0 Å². The number of para-hydroxylation sites is 1. The molecule has 1 amide bonds. The molecule has 0 saturated heterocycles. The fourth-order valence-electron chi connectivity index (χ4n) is 4.86. The minimum absolute atomic E-state index is 0.0134. The third kappa shape index (κ3) is 4.90. The van der Waals surface area contributed by atoms with E-state index in [0.717, 1.165) is 34.3 Å². The fraction of sp³-hybridized carbons (Fsp3) is 0.407. The van der Waals surface area contributed by atoms with Crippen LogP contribution in [0.4, 0.5) is 0 Å². The van der Waals surface area contributed by atoms with Crippen LogP contribution in [0.25, 0.3) is 10.9 Å². The standard InChI is InChI=1S/C27H32N2O2/c1-4-20-9-7-8-18(2)26(20)29-27(30)21-12-14-23(15-13-21)31-17-22-16-19(3)28-25-11-6-5-10-24(22)25/h5-6,10-16,18,20,26H,4,7-9,17H2,1-3H3,(H,29,30). The van der Waals surface area contributed by atoms with Gasteiger partial charge in [0.1, 0.15) is 12.4 Å². The number of rotatable bonds is 6. The molecule has 3 aromatic rings. The molecule has 3 unspecified atom stereocenters. The van der Waals surface area contributed by atoms with Crippen molar-refractivity contribution in [1.82, 2.24) is 10.3 Å². The smallest absolute Gasteiger partial charge is 0.251 e. The molecule has 1 fully saturated rings. The van der Waals surface area contributed by atoms with Crippen LogP contribution in [0, 0.1) is 18.8 Å². The third-order valence-electron chi connectivity index (χ3n) is 6.62. The largest absolute Gasteiger partial charge is 0.489 e. The monoisotopic (exact) mass is 416 g/mol. The number of carbonyl (C=O) groups is 1.